The Balaban J connectivity index is 3.29. The van der Waals surface area contributed by atoms with Crippen LogP contribution in [-0.2, 0) is 22.1 Å². The van der Waals surface area contributed by atoms with Crippen LogP contribution in [0.25, 0.3) is 0 Å². The molecule has 0 aliphatic carbocycles. The minimum Gasteiger partial charge on any atom is -0.506 e. The van der Waals surface area contributed by atoms with Gasteiger partial charge in [0.1, 0.15) is 5.75 Å². The monoisotopic (exact) mass is 333 g/mol. The molecule has 0 amide bonds. The van der Waals surface area contributed by atoms with Crippen LogP contribution < -0.4 is 4.74 Å². The SMILES string of the molecule is CCOC(=O)Cc1cc(O)c(C(F)(F)F)nc1OC(F)(F)F. The molecule has 0 unspecified atom stereocenters. The third-order valence-electron chi connectivity index (χ3n) is 2.16. The summed E-state index contributed by atoms with van der Waals surface area (Å²) in [5.74, 6) is -3.93. The third-order valence-corrected chi connectivity index (χ3v) is 2.16. The highest BCUT2D eigenvalue weighted by Gasteiger charge is 2.39. The molecule has 0 aliphatic rings. The molecule has 0 bridgehead atoms. The smallest absolute Gasteiger partial charge is 0.506 e. The molecule has 1 aromatic rings. The fourth-order valence-corrected chi connectivity index (χ4v) is 1.43. The average Bonchev–Trinajstić information content (AvgIpc) is 2.29. The Morgan fingerprint density at radius 2 is 1.86 bits per heavy atom. The van der Waals surface area contributed by atoms with Crippen LogP contribution in [-0.4, -0.2) is 29.0 Å². The summed E-state index contributed by atoms with van der Waals surface area (Å²) in [6.07, 6.45) is -11.4. The highest BCUT2D eigenvalue weighted by atomic mass is 19.4. The summed E-state index contributed by atoms with van der Waals surface area (Å²) in [5.41, 5.74) is -2.65. The predicted molar refractivity (Wildman–Crippen MR) is 57.9 cm³/mol. The zero-order chi connectivity index (χ0) is 17.1. The number of alkyl halides is 6. The molecule has 0 spiro atoms. The number of carbonyl (C=O) groups excluding carboxylic acids is 1. The number of rotatable bonds is 4. The zero-order valence-electron chi connectivity index (χ0n) is 10.9. The highest BCUT2D eigenvalue weighted by molar-refractivity contribution is 5.73. The Kier molecular flexibility index (Phi) is 5.09. The lowest BCUT2D eigenvalue weighted by Crippen LogP contribution is -2.21. The maximum Gasteiger partial charge on any atom is 0.574 e. The average molecular weight is 333 g/mol. The first-order valence-electron chi connectivity index (χ1n) is 5.65. The first kappa shape index (κ1) is 17.9. The van der Waals surface area contributed by atoms with Gasteiger partial charge in [0.05, 0.1) is 13.0 Å². The third kappa shape index (κ3) is 4.97. The second-order valence-corrected chi connectivity index (χ2v) is 3.85. The van der Waals surface area contributed by atoms with Crippen LogP contribution in [0.1, 0.15) is 18.2 Å². The normalized spacial score (nSPS) is 12.1. The van der Waals surface area contributed by atoms with E-state index in [2.05, 4.69) is 14.5 Å². The summed E-state index contributed by atoms with van der Waals surface area (Å²) in [6.45, 7) is 1.34. The summed E-state index contributed by atoms with van der Waals surface area (Å²) in [6, 6.07) is 0.327. The standard InChI is InChI=1S/C11H9F6NO4/c1-2-21-7(20)4-5-3-6(19)8(10(12,13)14)18-9(5)22-11(15,16)17/h3,19H,2,4H2,1H3. The summed E-state index contributed by atoms with van der Waals surface area (Å²) in [5, 5.41) is 9.22. The number of hydrogen-bond donors (Lipinski definition) is 1. The molecule has 0 radical (unpaired) electrons. The predicted octanol–water partition coefficient (Wildman–Crippen LogP) is 2.81. The van der Waals surface area contributed by atoms with Crippen LogP contribution in [0.4, 0.5) is 26.3 Å². The van der Waals surface area contributed by atoms with Gasteiger partial charge in [0.15, 0.2) is 5.69 Å². The van der Waals surface area contributed by atoms with E-state index in [9.17, 15) is 36.2 Å². The van der Waals surface area contributed by atoms with Crippen LogP contribution in [0.2, 0.25) is 0 Å². The maximum atomic E-state index is 12.5. The van der Waals surface area contributed by atoms with Gasteiger partial charge in [-0.15, -0.1) is 13.2 Å². The van der Waals surface area contributed by atoms with Gasteiger partial charge in [0.25, 0.3) is 0 Å². The van der Waals surface area contributed by atoms with Crippen LogP contribution in [0.3, 0.4) is 0 Å². The number of hydrogen-bond acceptors (Lipinski definition) is 5. The molecule has 0 aliphatic heterocycles. The Morgan fingerprint density at radius 1 is 1.27 bits per heavy atom. The van der Waals surface area contributed by atoms with Gasteiger partial charge in [-0.2, -0.15) is 13.2 Å². The molecule has 0 saturated heterocycles. The first-order chi connectivity index (χ1) is 9.94. The van der Waals surface area contributed by atoms with E-state index in [-0.39, 0.29) is 6.61 Å². The molecule has 11 heteroatoms. The minimum absolute atomic E-state index is 0.0889. The van der Waals surface area contributed by atoms with E-state index < -0.39 is 47.8 Å². The Hall–Kier alpha value is -2.20. The van der Waals surface area contributed by atoms with Crippen molar-refractivity contribution in [3.63, 3.8) is 0 Å². The van der Waals surface area contributed by atoms with Gasteiger partial charge >= 0.3 is 18.5 Å². The Bertz CT molecular complexity index is 555. The van der Waals surface area contributed by atoms with Crippen LogP contribution >= 0.6 is 0 Å². The molecule has 0 atom stereocenters. The number of nitrogens with zero attached hydrogens (tertiary/aromatic N) is 1. The van der Waals surface area contributed by atoms with Crippen molar-refractivity contribution in [2.75, 3.05) is 6.61 Å². The second-order valence-electron chi connectivity index (χ2n) is 3.85. The molecule has 0 saturated carbocycles. The number of aromatic hydroxyl groups is 1. The Morgan fingerprint density at radius 3 is 2.32 bits per heavy atom. The van der Waals surface area contributed by atoms with Crippen molar-refractivity contribution in [2.45, 2.75) is 25.9 Å². The van der Waals surface area contributed by atoms with Gasteiger partial charge in [0, 0.05) is 5.56 Å². The number of esters is 1. The molecule has 0 fully saturated rings. The van der Waals surface area contributed by atoms with Crippen molar-refractivity contribution >= 4 is 5.97 Å². The number of ether oxygens (including phenoxy) is 2. The van der Waals surface area contributed by atoms with Crippen molar-refractivity contribution in [3.05, 3.63) is 17.3 Å². The number of halogens is 6. The molecule has 5 nitrogen and oxygen atoms in total. The summed E-state index contributed by atoms with van der Waals surface area (Å²) in [4.78, 5) is 13.8. The summed E-state index contributed by atoms with van der Waals surface area (Å²) in [7, 11) is 0. The molecule has 0 aromatic carbocycles. The first-order valence-corrected chi connectivity index (χ1v) is 5.65. The van der Waals surface area contributed by atoms with E-state index >= 15 is 0 Å². The fourth-order valence-electron chi connectivity index (χ4n) is 1.43. The lowest BCUT2D eigenvalue weighted by molar-refractivity contribution is -0.276. The van der Waals surface area contributed by atoms with E-state index in [1.807, 2.05) is 0 Å². The Labute approximate surface area is 119 Å². The van der Waals surface area contributed by atoms with Crippen LogP contribution in [0.5, 0.6) is 11.6 Å². The van der Waals surface area contributed by atoms with Crippen molar-refractivity contribution in [1.82, 2.24) is 4.98 Å². The maximum absolute atomic E-state index is 12.5. The number of pyridine rings is 1. The highest BCUT2D eigenvalue weighted by Crippen LogP contribution is 2.38. The van der Waals surface area contributed by atoms with E-state index in [1.165, 1.54) is 6.92 Å². The molecule has 22 heavy (non-hydrogen) atoms. The number of carbonyl (C=O) groups is 1. The summed E-state index contributed by atoms with van der Waals surface area (Å²) < 4.78 is 82.1. The quantitative estimate of drug-likeness (QED) is 0.678. The lowest BCUT2D eigenvalue weighted by atomic mass is 10.1. The molecule has 1 heterocycles. The molecular formula is C11H9F6NO4. The van der Waals surface area contributed by atoms with Gasteiger partial charge < -0.3 is 14.6 Å². The van der Waals surface area contributed by atoms with Gasteiger partial charge in [-0.25, -0.2) is 4.98 Å². The van der Waals surface area contributed by atoms with Crippen LogP contribution in [0, 0.1) is 0 Å². The topological polar surface area (TPSA) is 68.7 Å². The zero-order valence-corrected chi connectivity index (χ0v) is 10.9. The van der Waals surface area contributed by atoms with Gasteiger partial charge in [0.2, 0.25) is 5.88 Å². The van der Waals surface area contributed by atoms with Crippen LogP contribution in [0.15, 0.2) is 6.07 Å². The molecule has 1 N–H and O–H groups in total. The minimum atomic E-state index is -5.32. The lowest BCUT2D eigenvalue weighted by Gasteiger charge is -2.15. The van der Waals surface area contributed by atoms with Crippen molar-refractivity contribution in [1.29, 1.82) is 0 Å². The van der Waals surface area contributed by atoms with Crippen molar-refractivity contribution in [3.8, 4) is 11.6 Å². The molecule has 1 rings (SSSR count). The fraction of sp³-hybridized carbons (Fsp3) is 0.455. The van der Waals surface area contributed by atoms with Gasteiger partial charge in [-0.3, -0.25) is 4.79 Å². The summed E-state index contributed by atoms with van der Waals surface area (Å²) >= 11 is 0. The van der Waals surface area contributed by atoms with E-state index in [4.69, 9.17) is 0 Å². The second kappa shape index (κ2) is 6.28. The van der Waals surface area contributed by atoms with E-state index in [0.717, 1.165) is 0 Å². The van der Waals surface area contributed by atoms with Gasteiger partial charge in [-0.05, 0) is 13.0 Å². The van der Waals surface area contributed by atoms with E-state index in [0.29, 0.717) is 6.07 Å². The molecular weight excluding hydrogens is 324 g/mol. The van der Waals surface area contributed by atoms with Crippen molar-refractivity contribution < 1.29 is 45.7 Å². The van der Waals surface area contributed by atoms with Crippen molar-refractivity contribution in [2.24, 2.45) is 0 Å². The van der Waals surface area contributed by atoms with Gasteiger partial charge in [-0.1, -0.05) is 0 Å². The number of aromatic nitrogens is 1. The molecule has 124 valence electrons. The largest absolute Gasteiger partial charge is 0.574 e. The van der Waals surface area contributed by atoms with E-state index in [1.54, 1.807) is 0 Å². The molecule has 1 aromatic heterocycles.